The highest BCUT2D eigenvalue weighted by atomic mass is 35.5. The average Bonchev–Trinajstić information content (AvgIpc) is 3.19. The Morgan fingerprint density at radius 1 is 1.16 bits per heavy atom. The van der Waals surface area contributed by atoms with Gasteiger partial charge in [-0.05, 0) is 32.0 Å². The molecule has 4 aromatic heterocycles. The standard InChI is InChI=1S/C20H18Cl2N8O2/c1-10(32-3)17-15(8-23-14-4-5-16(22)28-18(14)17)27-20(31)26-12-6-13(21)19(24-7-12)30-9-25-11(2)29-30/h4-10H,1-3H3,(H2,26,27,31). The number of halogens is 2. The van der Waals surface area contributed by atoms with Crippen molar-refractivity contribution in [3.63, 3.8) is 0 Å². The first kappa shape index (κ1) is 21.9. The van der Waals surface area contributed by atoms with Crippen LogP contribution in [0, 0.1) is 6.92 Å². The number of urea groups is 1. The molecule has 0 spiro atoms. The number of hydrogen-bond acceptors (Lipinski definition) is 7. The van der Waals surface area contributed by atoms with E-state index in [1.807, 2.05) is 6.92 Å². The number of carbonyl (C=O) groups is 1. The van der Waals surface area contributed by atoms with Gasteiger partial charge >= 0.3 is 6.03 Å². The Labute approximate surface area is 193 Å². The Balaban J connectivity index is 1.58. The first-order valence-electron chi connectivity index (χ1n) is 9.46. The Hall–Kier alpha value is -3.34. The van der Waals surface area contributed by atoms with Crippen LogP contribution in [0.2, 0.25) is 10.2 Å². The molecule has 0 radical (unpaired) electrons. The summed E-state index contributed by atoms with van der Waals surface area (Å²) in [6.07, 6.45) is 4.15. The summed E-state index contributed by atoms with van der Waals surface area (Å²) in [6.45, 7) is 3.60. The second-order valence-electron chi connectivity index (χ2n) is 6.81. The van der Waals surface area contributed by atoms with Gasteiger partial charge in [-0.25, -0.2) is 24.4 Å². The van der Waals surface area contributed by atoms with Gasteiger partial charge < -0.3 is 15.4 Å². The molecule has 0 aromatic carbocycles. The molecule has 0 fully saturated rings. The largest absolute Gasteiger partial charge is 0.377 e. The number of fused-ring (bicyclic) bond motifs is 1. The van der Waals surface area contributed by atoms with Gasteiger partial charge in [0.2, 0.25) is 0 Å². The fourth-order valence-corrected chi connectivity index (χ4v) is 3.49. The summed E-state index contributed by atoms with van der Waals surface area (Å²) in [7, 11) is 1.57. The molecule has 164 valence electrons. The molecule has 0 saturated heterocycles. The van der Waals surface area contributed by atoms with Gasteiger partial charge in [-0.3, -0.25) is 4.98 Å². The molecule has 12 heteroatoms. The molecule has 0 aliphatic rings. The van der Waals surface area contributed by atoms with E-state index in [4.69, 9.17) is 27.9 Å². The maximum atomic E-state index is 12.7. The van der Waals surface area contributed by atoms with Crippen molar-refractivity contribution in [2.45, 2.75) is 20.0 Å². The van der Waals surface area contributed by atoms with Gasteiger partial charge in [0, 0.05) is 12.7 Å². The van der Waals surface area contributed by atoms with Crippen LogP contribution in [0.1, 0.15) is 24.4 Å². The van der Waals surface area contributed by atoms with Gasteiger partial charge in [-0.1, -0.05) is 23.2 Å². The van der Waals surface area contributed by atoms with E-state index in [2.05, 4.69) is 35.7 Å². The second-order valence-corrected chi connectivity index (χ2v) is 7.60. The molecule has 1 unspecified atom stereocenters. The summed E-state index contributed by atoms with van der Waals surface area (Å²) < 4.78 is 6.93. The number of carbonyl (C=O) groups excluding carboxylic acids is 1. The normalized spacial score (nSPS) is 12.0. The third-order valence-electron chi connectivity index (χ3n) is 4.63. The highest BCUT2D eigenvalue weighted by Crippen LogP contribution is 2.31. The number of nitrogens with zero attached hydrogens (tertiary/aromatic N) is 6. The fraction of sp³-hybridized carbons (Fsp3) is 0.200. The van der Waals surface area contributed by atoms with Crippen LogP contribution in [-0.2, 0) is 4.74 Å². The van der Waals surface area contributed by atoms with Crippen molar-refractivity contribution in [3.05, 3.63) is 58.5 Å². The number of pyridine rings is 3. The van der Waals surface area contributed by atoms with Crippen molar-refractivity contribution in [1.29, 1.82) is 0 Å². The van der Waals surface area contributed by atoms with Gasteiger partial charge in [-0.15, -0.1) is 0 Å². The number of aromatic nitrogens is 6. The molecule has 32 heavy (non-hydrogen) atoms. The van der Waals surface area contributed by atoms with Gasteiger partial charge in [-0.2, -0.15) is 5.10 Å². The van der Waals surface area contributed by atoms with E-state index in [1.165, 1.54) is 17.2 Å². The molecule has 4 rings (SSSR count). The maximum Gasteiger partial charge on any atom is 0.323 e. The molecule has 0 aliphatic carbocycles. The van der Waals surface area contributed by atoms with E-state index in [-0.39, 0.29) is 6.10 Å². The van der Waals surface area contributed by atoms with Crippen LogP contribution in [-0.4, -0.2) is 42.9 Å². The van der Waals surface area contributed by atoms with Crippen LogP contribution in [0.3, 0.4) is 0 Å². The van der Waals surface area contributed by atoms with Crippen LogP contribution in [0.25, 0.3) is 16.9 Å². The van der Waals surface area contributed by atoms with E-state index in [0.717, 1.165) is 0 Å². The lowest BCUT2D eigenvalue weighted by Gasteiger charge is -2.18. The summed E-state index contributed by atoms with van der Waals surface area (Å²) in [5, 5.41) is 10.3. The van der Waals surface area contributed by atoms with Crippen LogP contribution >= 0.6 is 23.2 Å². The molecule has 10 nitrogen and oxygen atoms in total. The molecule has 0 saturated carbocycles. The van der Waals surface area contributed by atoms with Gasteiger partial charge in [0.05, 0.1) is 45.9 Å². The Kier molecular flexibility index (Phi) is 6.17. The van der Waals surface area contributed by atoms with Crippen molar-refractivity contribution >= 4 is 51.6 Å². The van der Waals surface area contributed by atoms with Crippen molar-refractivity contribution in [2.75, 3.05) is 17.7 Å². The van der Waals surface area contributed by atoms with Crippen molar-refractivity contribution in [1.82, 2.24) is 29.7 Å². The van der Waals surface area contributed by atoms with Gasteiger partial charge in [0.25, 0.3) is 0 Å². The Bertz CT molecular complexity index is 1310. The number of anilines is 2. The zero-order chi connectivity index (χ0) is 22.8. The molecule has 4 heterocycles. The lowest BCUT2D eigenvalue weighted by atomic mass is 10.1. The van der Waals surface area contributed by atoms with E-state index < -0.39 is 6.03 Å². The smallest absolute Gasteiger partial charge is 0.323 e. The third kappa shape index (κ3) is 4.47. The van der Waals surface area contributed by atoms with Crippen molar-refractivity contribution in [3.8, 4) is 5.82 Å². The molecule has 1 atom stereocenters. The fourth-order valence-electron chi connectivity index (χ4n) is 3.09. The molecular formula is C20H18Cl2N8O2. The van der Waals surface area contributed by atoms with Gasteiger partial charge in [0.1, 0.15) is 17.3 Å². The highest BCUT2D eigenvalue weighted by Gasteiger charge is 2.19. The highest BCUT2D eigenvalue weighted by molar-refractivity contribution is 6.32. The molecule has 0 bridgehead atoms. The third-order valence-corrected chi connectivity index (χ3v) is 5.12. The summed E-state index contributed by atoms with van der Waals surface area (Å²) in [4.78, 5) is 29.7. The van der Waals surface area contributed by atoms with Crippen LogP contribution in [0.5, 0.6) is 0 Å². The summed E-state index contributed by atoms with van der Waals surface area (Å²) in [5.41, 5.74) is 2.66. The van der Waals surface area contributed by atoms with E-state index >= 15 is 0 Å². The predicted octanol–water partition coefficient (Wildman–Crippen LogP) is 4.57. The molecular weight excluding hydrogens is 455 g/mol. The summed E-state index contributed by atoms with van der Waals surface area (Å²) in [6, 6.07) is 4.46. The quantitative estimate of drug-likeness (QED) is 0.408. The van der Waals surface area contributed by atoms with E-state index in [9.17, 15) is 4.79 Å². The van der Waals surface area contributed by atoms with Crippen LogP contribution < -0.4 is 10.6 Å². The number of hydrogen-bond donors (Lipinski definition) is 2. The van der Waals surface area contributed by atoms with Crippen molar-refractivity contribution < 1.29 is 9.53 Å². The molecule has 2 amide bonds. The minimum absolute atomic E-state index is 0.299. The number of aryl methyl sites for hydroxylation is 1. The SMILES string of the molecule is COC(C)c1c(NC(=O)Nc2cnc(-n3cnc(C)n3)c(Cl)c2)cnc2ccc(Cl)nc12. The number of methoxy groups -OCH3 is 1. The van der Waals surface area contributed by atoms with E-state index in [1.54, 1.807) is 38.4 Å². The maximum absolute atomic E-state index is 12.7. The number of nitrogens with one attached hydrogen (secondary N) is 2. The first-order chi connectivity index (χ1) is 15.4. The number of amides is 2. The summed E-state index contributed by atoms with van der Waals surface area (Å²) >= 11 is 12.4. The second kappa shape index (κ2) is 9.03. The Morgan fingerprint density at radius 3 is 2.66 bits per heavy atom. The molecule has 2 N–H and O–H groups in total. The predicted molar refractivity (Wildman–Crippen MR) is 122 cm³/mol. The molecule has 4 aromatic rings. The zero-order valence-corrected chi connectivity index (χ0v) is 18.8. The Morgan fingerprint density at radius 2 is 1.97 bits per heavy atom. The van der Waals surface area contributed by atoms with Crippen LogP contribution in [0.4, 0.5) is 16.2 Å². The molecule has 0 aliphatic heterocycles. The van der Waals surface area contributed by atoms with Gasteiger partial charge in [0.15, 0.2) is 5.82 Å². The minimum Gasteiger partial charge on any atom is -0.377 e. The van der Waals surface area contributed by atoms with Crippen molar-refractivity contribution in [2.24, 2.45) is 0 Å². The average molecular weight is 473 g/mol. The van der Waals surface area contributed by atoms with Crippen LogP contribution in [0.15, 0.2) is 36.9 Å². The minimum atomic E-state index is -0.514. The number of ether oxygens (including phenoxy) is 1. The lowest BCUT2D eigenvalue weighted by Crippen LogP contribution is -2.21. The van der Waals surface area contributed by atoms with E-state index in [0.29, 0.717) is 49.8 Å². The topological polar surface area (TPSA) is 120 Å². The zero-order valence-electron chi connectivity index (χ0n) is 17.3. The number of rotatable bonds is 5. The monoisotopic (exact) mass is 472 g/mol. The summed E-state index contributed by atoms with van der Waals surface area (Å²) in [5.74, 6) is 0.987. The lowest BCUT2D eigenvalue weighted by molar-refractivity contribution is 0.121. The first-order valence-corrected chi connectivity index (χ1v) is 10.2.